The molecule has 6 nitrogen and oxygen atoms in total. The second-order valence-electron chi connectivity index (χ2n) is 5.05. The van der Waals surface area contributed by atoms with E-state index in [4.69, 9.17) is 5.11 Å². The Morgan fingerprint density at radius 3 is 2.33 bits per heavy atom. The molecule has 2 atom stereocenters. The average molecular weight is 304 g/mol. The fourth-order valence-electron chi connectivity index (χ4n) is 2.53. The average Bonchev–Trinajstić information content (AvgIpc) is 2.36. The maximum absolute atomic E-state index is 12.6. The predicted molar refractivity (Wildman–Crippen MR) is 68.0 cm³/mol. The summed E-state index contributed by atoms with van der Waals surface area (Å²) in [6, 6.07) is -0.690. The minimum Gasteiger partial charge on any atom is -0.465 e. The number of carboxylic acid groups (broad SMARTS) is 1. The minimum absolute atomic E-state index is 0.105. The maximum Gasteiger partial charge on any atom is 0.434 e. The fraction of sp³-hybridized carbons (Fsp3) is 0.583. The van der Waals surface area contributed by atoms with Gasteiger partial charge in [-0.1, -0.05) is 0 Å². The second kappa shape index (κ2) is 5.38. The van der Waals surface area contributed by atoms with E-state index in [1.54, 1.807) is 18.7 Å². The third-order valence-electron chi connectivity index (χ3n) is 3.38. The summed E-state index contributed by atoms with van der Waals surface area (Å²) in [4.78, 5) is 21.2. The van der Waals surface area contributed by atoms with Crippen molar-refractivity contribution in [3.05, 3.63) is 18.1 Å². The topological polar surface area (TPSA) is 69.6 Å². The van der Waals surface area contributed by atoms with Crippen LogP contribution in [0.2, 0.25) is 0 Å². The number of alkyl halides is 3. The summed E-state index contributed by atoms with van der Waals surface area (Å²) < 4.78 is 37.9. The molecule has 1 amide bonds. The molecule has 116 valence electrons. The quantitative estimate of drug-likeness (QED) is 0.860. The van der Waals surface area contributed by atoms with Crippen molar-refractivity contribution < 1.29 is 23.1 Å². The molecule has 1 aromatic rings. The van der Waals surface area contributed by atoms with Crippen molar-refractivity contribution in [2.45, 2.75) is 32.1 Å². The third kappa shape index (κ3) is 3.17. The van der Waals surface area contributed by atoms with E-state index in [0.717, 1.165) is 0 Å². The van der Waals surface area contributed by atoms with Gasteiger partial charge in [0.25, 0.3) is 0 Å². The number of halogens is 3. The molecule has 1 fully saturated rings. The second-order valence-corrected chi connectivity index (χ2v) is 5.05. The van der Waals surface area contributed by atoms with Crippen LogP contribution in [0.5, 0.6) is 0 Å². The van der Waals surface area contributed by atoms with Crippen molar-refractivity contribution in [2.24, 2.45) is 0 Å². The first-order valence-corrected chi connectivity index (χ1v) is 6.35. The van der Waals surface area contributed by atoms with Crippen molar-refractivity contribution in [3.63, 3.8) is 0 Å². The zero-order valence-electron chi connectivity index (χ0n) is 11.5. The predicted octanol–water partition coefficient (Wildman–Crippen LogP) is 2.07. The van der Waals surface area contributed by atoms with E-state index in [0.29, 0.717) is 6.20 Å². The van der Waals surface area contributed by atoms with Crippen LogP contribution in [0.4, 0.5) is 23.8 Å². The Morgan fingerprint density at radius 1 is 1.29 bits per heavy atom. The van der Waals surface area contributed by atoms with Crippen molar-refractivity contribution in [1.82, 2.24) is 14.9 Å². The summed E-state index contributed by atoms with van der Waals surface area (Å²) in [5, 5.41) is 9.12. The number of amides is 1. The molecule has 1 saturated heterocycles. The van der Waals surface area contributed by atoms with Gasteiger partial charge in [-0.2, -0.15) is 13.2 Å². The van der Waals surface area contributed by atoms with Gasteiger partial charge in [0.15, 0.2) is 5.69 Å². The molecule has 1 aliphatic rings. The van der Waals surface area contributed by atoms with Crippen molar-refractivity contribution in [1.29, 1.82) is 0 Å². The Bertz CT molecular complexity index is 525. The van der Waals surface area contributed by atoms with Gasteiger partial charge in [0, 0.05) is 13.1 Å². The van der Waals surface area contributed by atoms with Gasteiger partial charge in [-0.25, -0.2) is 9.78 Å². The van der Waals surface area contributed by atoms with Crippen LogP contribution in [0.3, 0.4) is 0 Å². The molecule has 9 heteroatoms. The van der Waals surface area contributed by atoms with Crippen molar-refractivity contribution >= 4 is 11.9 Å². The number of hydrogen-bond donors (Lipinski definition) is 1. The number of piperazine rings is 1. The Hall–Kier alpha value is -2.06. The SMILES string of the molecule is C[C@@H]1CN(c2cncc(C(F)(F)F)n2)C[C@@H](C)N1C(=O)O. The monoisotopic (exact) mass is 304 g/mol. The van der Waals surface area contributed by atoms with E-state index >= 15 is 0 Å². The number of nitrogens with zero attached hydrogens (tertiary/aromatic N) is 4. The molecule has 0 spiro atoms. The molecule has 2 heterocycles. The summed E-state index contributed by atoms with van der Waals surface area (Å²) in [5.41, 5.74) is -1.05. The third-order valence-corrected chi connectivity index (χ3v) is 3.38. The van der Waals surface area contributed by atoms with Gasteiger partial charge in [0.1, 0.15) is 5.82 Å². The van der Waals surface area contributed by atoms with Crippen molar-refractivity contribution in [3.8, 4) is 0 Å². The number of anilines is 1. The summed E-state index contributed by atoms with van der Waals surface area (Å²) in [6.07, 6.45) is -3.66. The molecule has 1 aromatic heterocycles. The lowest BCUT2D eigenvalue weighted by Crippen LogP contribution is -2.58. The molecule has 1 aliphatic heterocycles. The number of hydrogen-bond acceptors (Lipinski definition) is 4. The molecular formula is C12H15F3N4O2. The molecule has 1 N–H and O–H groups in total. The van der Waals surface area contributed by atoms with Gasteiger partial charge < -0.3 is 10.0 Å². The molecule has 0 radical (unpaired) electrons. The van der Waals surface area contributed by atoms with Gasteiger partial charge in [-0.3, -0.25) is 9.88 Å². The molecular weight excluding hydrogens is 289 g/mol. The van der Waals surface area contributed by atoms with E-state index in [1.807, 2.05) is 0 Å². The molecule has 21 heavy (non-hydrogen) atoms. The lowest BCUT2D eigenvalue weighted by molar-refractivity contribution is -0.141. The summed E-state index contributed by atoms with van der Waals surface area (Å²) in [6.45, 7) is 3.95. The Labute approximate surface area is 119 Å². The Kier molecular flexibility index (Phi) is 3.93. The minimum atomic E-state index is -4.55. The molecule has 0 aliphatic carbocycles. The zero-order chi connectivity index (χ0) is 15.8. The van der Waals surface area contributed by atoms with Crippen LogP contribution in [0.15, 0.2) is 12.4 Å². The largest absolute Gasteiger partial charge is 0.465 e. The van der Waals surface area contributed by atoms with E-state index in [1.165, 1.54) is 11.1 Å². The summed E-state index contributed by atoms with van der Waals surface area (Å²) in [5.74, 6) is 0.105. The molecule has 0 bridgehead atoms. The van der Waals surface area contributed by atoms with Gasteiger partial charge in [0.05, 0.1) is 24.5 Å². The van der Waals surface area contributed by atoms with Crippen LogP contribution in [-0.4, -0.2) is 51.2 Å². The fourth-order valence-corrected chi connectivity index (χ4v) is 2.53. The van der Waals surface area contributed by atoms with Crippen LogP contribution in [-0.2, 0) is 6.18 Å². The first-order valence-electron chi connectivity index (χ1n) is 6.35. The first-order chi connectivity index (χ1) is 9.70. The van der Waals surface area contributed by atoms with Crippen LogP contribution in [0.25, 0.3) is 0 Å². The number of carbonyl (C=O) groups is 1. The highest BCUT2D eigenvalue weighted by Gasteiger charge is 2.36. The molecule has 0 aromatic carbocycles. The highest BCUT2D eigenvalue weighted by atomic mass is 19.4. The Morgan fingerprint density at radius 2 is 1.86 bits per heavy atom. The first kappa shape index (κ1) is 15.3. The van der Waals surface area contributed by atoms with Gasteiger partial charge in [-0.05, 0) is 13.8 Å². The van der Waals surface area contributed by atoms with Gasteiger partial charge in [-0.15, -0.1) is 0 Å². The highest BCUT2D eigenvalue weighted by molar-refractivity contribution is 5.66. The van der Waals surface area contributed by atoms with E-state index in [-0.39, 0.29) is 31.0 Å². The highest BCUT2D eigenvalue weighted by Crippen LogP contribution is 2.29. The van der Waals surface area contributed by atoms with E-state index < -0.39 is 18.0 Å². The lowest BCUT2D eigenvalue weighted by atomic mass is 10.1. The molecule has 0 saturated carbocycles. The molecule has 0 unspecified atom stereocenters. The van der Waals surface area contributed by atoms with E-state index in [9.17, 15) is 18.0 Å². The van der Waals surface area contributed by atoms with Crippen LogP contribution in [0.1, 0.15) is 19.5 Å². The number of rotatable bonds is 1. The normalized spacial score (nSPS) is 23.3. The maximum atomic E-state index is 12.6. The van der Waals surface area contributed by atoms with Crippen LogP contribution >= 0.6 is 0 Å². The lowest BCUT2D eigenvalue weighted by Gasteiger charge is -2.43. The van der Waals surface area contributed by atoms with E-state index in [2.05, 4.69) is 9.97 Å². The van der Waals surface area contributed by atoms with Crippen LogP contribution in [0, 0.1) is 0 Å². The zero-order valence-corrected chi connectivity index (χ0v) is 11.5. The Balaban J connectivity index is 2.23. The van der Waals surface area contributed by atoms with Crippen molar-refractivity contribution in [2.75, 3.05) is 18.0 Å². The summed E-state index contributed by atoms with van der Waals surface area (Å²) >= 11 is 0. The standard InChI is InChI=1S/C12H15F3N4O2/c1-7-5-18(6-8(2)19(7)11(20)21)10-4-16-3-9(17-10)12(13,14)15/h3-4,7-8H,5-6H2,1-2H3,(H,20,21)/t7-,8-/m1/s1. The van der Waals surface area contributed by atoms with Gasteiger partial charge in [0.2, 0.25) is 0 Å². The number of aromatic nitrogens is 2. The summed E-state index contributed by atoms with van der Waals surface area (Å²) in [7, 11) is 0. The van der Waals surface area contributed by atoms with Gasteiger partial charge >= 0.3 is 12.3 Å². The smallest absolute Gasteiger partial charge is 0.434 e. The van der Waals surface area contributed by atoms with Crippen LogP contribution < -0.4 is 4.90 Å². The molecule has 2 rings (SSSR count).